The number of benzene rings is 1. The van der Waals surface area contributed by atoms with Crippen molar-refractivity contribution in [2.75, 3.05) is 5.75 Å². The van der Waals surface area contributed by atoms with Crippen molar-refractivity contribution in [3.05, 3.63) is 29.8 Å². The van der Waals surface area contributed by atoms with E-state index in [1.165, 1.54) is 12.1 Å². The molecule has 2 aliphatic rings. The van der Waals surface area contributed by atoms with Crippen molar-refractivity contribution < 1.29 is 21.0 Å². The Bertz CT molecular complexity index is 733. The minimum absolute atomic E-state index is 0.0382. The highest BCUT2D eigenvalue weighted by atomic mass is 32.2. The zero-order valence-corrected chi connectivity index (χ0v) is 12.8. The molecule has 0 amide bonds. The average molecular weight is 316 g/mol. The summed E-state index contributed by atoms with van der Waals surface area (Å²) >= 11 is 0. The Morgan fingerprint density at radius 2 is 1.80 bits per heavy atom. The van der Waals surface area contributed by atoms with Gasteiger partial charge in [0, 0.05) is 0 Å². The molecule has 1 heterocycles. The molecular weight excluding hydrogens is 300 g/mol. The van der Waals surface area contributed by atoms with E-state index in [9.17, 15) is 16.8 Å². The Balaban J connectivity index is 1.82. The van der Waals surface area contributed by atoms with Crippen LogP contribution >= 0.6 is 0 Å². The topological polar surface area (TPSA) is 77.5 Å². The second-order valence-electron chi connectivity index (χ2n) is 5.65. The molecule has 0 radical (unpaired) electrons. The Hall–Kier alpha value is -0.920. The summed E-state index contributed by atoms with van der Waals surface area (Å²) in [5, 5.41) is -0.641. The minimum Gasteiger partial charge on any atom is -0.261 e. The van der Waals surface area contributed by atoms with Crippen LogP contribution < -0.4 is 0 Å². The summed E-state index contributed by atoms with van der Waals surface area (Å²) in [4.78, 5) is 0.0653. The monoisotopic (exact) mass is 316 g/mol. The van der Waals surface area contributed by atoms with Gasteiger partial charge in [0.25, 0.3) is 10.1 Å². The lowest BCUT2D eigenvalue weighted by atomic mass is 9.72. The molecule has 0 spiro atoms. The van der Waals surface area contributed by atoms with Gasteiger partial charge in [-0.25, -0.2) is 8.42 Å². The first kappa shape index (κ1) is 14.0. The lowest BCUT2D eigenvalue weighted by Gasteiger charge is -2.55. The molecule has 0 bridgehead atoms. The number of hydrogen-bond acceptors (Lipinski definition) is 5. The zero-order valence-electron chi connectivity index (χ0n) is 11.2. The second kappa shape index (κ2) is 4.29. The highest BCUT2D eigenvalue weighted by Gasteiger charge is 2.65. The normalized spacial score (nSPS) is 34.7. The minimum atomic E-state index is -3.91. The van der Waals surface area contributed by atoms with E-state index in [2.05, 4.69) is 0 Å². The summed E-state index contributed by atoms with van der Waals surface area (Å²) in [6, 6.07) is 6.31. The molecule has 5 nitrogen and oxygen atoms in total. The zero-order chi connectivity index (χ0) is 14.7. The van der Waals surface area contributed by atoms with Crippen LogP contribution in [-0.2, 0) is 24.1 Å². The molecule has 1 saturated heterocycles. The lowest BCUT2D eigenvalue weighted by molar-refractivity contribution is 0.00268. The smallest absolute Gasteiger partial charge is 0.261 e. The van der Waals surface area contributed by atoms with Gasteiger partial charge in [0.05, 0.1) is 22.0 Å². The van der Waals surface area contributed by atoms with Crippen molar-refractivity contribution in [3.8, 4) is 0 Å². The van der Waals surface area contributed by atoms with Crippen LogP contribution in [0.4, 0.5) is 0 Å². The standard InChI is InChI=1S/C13H16O5S2/c1-8-3-5-10(6-4-8)20(16,17)18-12-9(2)11-7-19(14,15)13(11)12/h3-6,9,11-13H,7H2,1-2H3/t9-,11+,12-,13+/m1/s1. The molecule has 1 aliphatic carbocycles. The van der Waals surface area contributed by atoms with Crippen LogP contribution in [0.1, 0.15) is 12.5 Å². The molecule has 0 N–H and O–H groups in total. The van der Waals surface area contributed by atoms with Crippen molar-refractivity contribution >= 4 is 20.0 Å². The number of aryl methyl sites for hydroxylation is 1. The molecule has 1 aromatic carbocycles. The molecule has 3 rings (SSSR count). The summed E-state index contributed by atoms with van der Waals surface area (Å²) < 4.78 is 52.8. The van der Waals surface area contributed by atoms with E-state index in [4.69, 9.17) is 4.18 Å². The van der Waals surface area contributed by atoms with E-state index < -0.39 is 31.3 Å². The van der Waals surface area contributed by atoms with Gasteiger partial charge in [0.2, 0.25) is 0 Å². The van der Waals surface area contributed by atoms with Crippen LogP contribution in [0.5, 0.6) is 0 Å². The average Bonchev–Trinajstić information content (AvgIpc) is 2.35. The summed E-state index contributed by atoms with van der Waals surface area (Å²) in [5.41, 5.74) is 0.947. The summed E-state index contributed by atoms with van der Waals surface area (Å²) in [5.74, 6) is 0.172. The highest BCUT2D eigenvalue weighted by Crippen LogP contribution is 2.51. The maximum atomic E-state index is 12.2. The fraction of sp³-hybridized carbons (Fsp3) is 0.538. The summed E-state index contributed by atoms with van der Waals surface area (Å²) in [7, 11) is -7.06. The van der Waals surface area contributed by atoms with Gasteiger partial charge in [0.1, 0.15) is 0 Å². The Kier molecular flexibility index (Phi) is 3.01. The fourth-order valence-electron chi connectivity index (χ4n) is 2.96. The van der Waals surface area contributed by atoms with Crippen molar-refractivity contribution in [1.82, 2.24) is 0 Å². The number of hydrogen-bond donors (Lipinski definition) is 0. The van der Waals surface area contributed by atoms with Gasteiger partial charge in [-0.05, 0) is 30.9 Å². The molecular formula is C13H16O5S2. The SMILES string of the molecule is Cc1ccc(S(=O)(=O)O[C@@H]2[C@H](C)[C@@H]3CS(=O)(=O)[C@@H]32)cc1. The number of sulfone groups is 1. The maximum Gasteiger partial charge on any atom is 0.297 e. The van der Waals surface area contributed by atoms with E-state index in [1.807, 2.05) is 13.8 Å². The first-order chi connectivity index (χ1) is 9.22. The third kappa shape index (κ3) is 1.99. The third-order valence-corrected chi connectivity index (χ3v) is 7.95. The van der Waals surface area contributed by atoms with Gasteiger partial charge in [0.15, 0.2) is 9.84 Å². The Labute approximate surface area is 119 Å². The van der Waals surface area contributed by atoms with Gasteiger partial charge in [-0.2, -0.15) is 8.42 Å². The second-order valence-corrected chi connectivity index (χ2v) is 9.42. The molecule has 7 heteroatoms. The molecule has 2 fully saturated rings. The predicted molar refractivity (Wildman–Crippen MR) is 73.5 cm³/mol. The van der Waals surface area contributed by atoms with Crippen LogP contribution in [0.15, 0.2) is 29.2 Å². The maximum absolute atomic E-state index is 12.2. The van der Waals surface area contributed by atoms with E-state index in [-0.39, 0.29) is 22.5 Å². The quantitative estimate of drug-likeness (QED) is 0.781. The highest BCUT2D eigenvalue weighted by molar-refractivity contribution is 7.93. The van der Waals surface area contributed by atoms with Crippen LogP contribution in [0.3, 0.4) is 0 Å². The van der Waals surface area contributed by atoms with Crippen molar-refractivity contribution in [1.29, 1.82) is 0 Å². The first-order valence-electron chi connectivity index (χ1n) is 6.44. The molecule has 0 aromatic heterocycles. The third-order valence-electron chi connectivity index (χ3n) is 4.33. The van der Waals surface area contributed by atoms with Crippen molar-refractivity contribution in [2.24, 2.45) is 11.8 Å². The van der Waals surface area contributed by atoms with Gasteiger partial charge in [-0.3, -0.25) is 4.18 Å². The molecule has 1 aliphatic heterocycles. The van der Waals surface area contributed by atoms with E-state index in [0.29, 0.717) is 0 Å². The van der Waals surface area contributed by atoms with Crippen LogP contribution in [0.2, 0.25) is 0 Å². The van der Waals surface area contributed by atoms with Gasteiger partial charge >= 0.3 is 0 Å². The molecule has 1 aromatic rings. The van der Waals surface area contributed by atoms with Gasteiger partial charge in [-0.1, -0.05) is 24.6 Å². The Morgan fingerprint density at radius 1 is 1.20 bits per heavy atom. The summed E-state index contributed by atoms with van der Waals surface area (Å²) in [6.07, 6.45) is -0.745. The molecule has 110 valence electrons. The number of rotatable bonds is 3. The van der Waals surface area contributed by atoms with Crippen LogP contribution in [0, 0.1) is 18.8 Å². The molecule has 1 saturated carbocycles. The lowest BCUT2D eigenvalue weighted by Crippen LogP contribution is -2.69. The van der Waals surface area contributed by atoms with Gasteiger partial charge < -0.3 is 0 Å². The van der Waals surface area contributed by atoms with E-state index >= 15 is 0 Å². The molecule has 4 atom stereocenters. The molecule has 0 unspecified atom stereocenters. The first-order valence-corrected chi connectivity index (χ1v) is 9.56. The van der Waals surface area contributed by atoms with E-state index in [0.717, 1.165) is 5.56 Å². The predicted octanol–water partition coefficient (Wildman–Crippen LogP) is 1.13. The number of fused-ring (bicyclic) bond motifs is 1. The fourth-order valence-corrected chi connectivity index (χ4v) is 6.70. The van der Waals surface area contributed by atoms with Crippen LogP contribution in [-0.4, -0.2) is 33.9 Å². The van der Waals surface area contributed by atoms with Crippen molar-refractivity contribution in [2.45, 2.75) is 30.1 Å². The van der Waals surface area contributed by atoms with Crippen molar-refractivity contribution in [3.63, 3.8) is 0 Å². The van der Waals surface area contributed by atoms with Crippen LogP contribution in [0.25, 0.3) is 0 Å². The largest absolute Gasteiger partial charge is 0.297 e. The summed E-state index contributed by atoms with van der Waals surface area (Å²) in [6.45, 7) is 3.70. The van der Waals surface area contributed by atoms with Gasteiger partial charge in [-0.15, -0.1) is 0 Å². The molecule has 20 heavy (non-hydrogen) atoms. The Morgan fingerprint density at radius 3 is 2.35 bits per heavy atom. The van der Waals surface area contributed by atoms with E-state index in [1.54, 1.807) is 12.1 Å².